The number of ether oxygens (including phenoxy) is 2. The summed E-state index contributed by atoms with van der Waals surface area (Å²) in [6.45, 7) is 4.79. The third-order valence-electron chi connectivity index (χ3n) is 5.46. The number of benzene rings is 2. The van der Waals surface area contributed by atoms with Crippen LogP contribution < -0.4 is 20.3 Å². The smallest absolute Gasteiger partial charge is 0.246 e. The number of nitrogens with zero attached hydrogens (tertiary/aromatic N) is 2. The maximum absolute atomic E-state index is 12.9. The van der Waals surface area contributed by atoms with Gasteiger partial charge in [-0.3, -0.25) is 9.79 Å². The highest BCUT2D eigenvalue weighted by atomic mass is 16.5. The fourth-order valence-corrected chi connectivity index (χ4v) is 3.77. The van der Waals surface area contributed by atoms with Crippen LogP contribution in [-0.2, 0) is 22.5 Å². The molecular weight excluding hydrogens is 404 g/mol. The number of nitrogens with one attached hydrogen (secondary N) is 2. The van der Waals surface area contributed by atoms with Crippen LogP contribution in [0.2, 0.25) is 0 Å². The molecule has 0 radical (unpaired) electrons. The van der Waals surface area contributed by atoms with E-state index in [1.54, 1.807) is 14.2 Å². The molecule has 0 fully saturated rings. The molecule has 2 N–H and O–H groups in total. The van der Waals surface area contributed by atoms with E-state index < -0.39 is 0 Å². The number of hydrogen-bond acceptors (Lipinski definition) is 4. The highest BCUT2D eigenvalue weighted by Crippen LogP contribution is 2.26. The van der Waals surface area contributed by atoms with Crippen molar-refractivity contribution in [3.8, 4) is 5.75 Å². The second-order valence-electron chi connectivity index (χ2n) is 7.86. The van der Waals surface area contributed by atoms with Crippen LogP contribution in [0.25, 0.3) is 0 Å². The predicted octanol–water partition coefficient (Wildman–Crippen LogP) is 3.05. The average Bonchev–Trinajstić information content (AvgIpc) is 2.82. The lowest BCUT2D eigenvalue weighted by molar-refractivity contribution is -0.117. The molecule has 1 aliphatic rings. The highest BCUT2D eigenvalue weighted by molar-refractivity contribution is 5.98. The monoisotopic (exact) mass is 438 g/mol. The number of carbonyl (C=O) groups excluding carboxylic acids is 1. The van der Waals surface area contributed by atoms with E-state index in [0.29, 0.717) is 25.7 Å². The second kappa shape index (κ2) is 12.1. The normalized spacial score (nSPS) is 13.5. The SMILES string of the molecule is CN=C(NCC(=O)N1CCCc2ccccc21)NCc1ccc(C)cc1OCCCOC. The number of fused-ring (bicyclic) bond motifs is 1. The van der Waals surface area contributed by atoms with Crippen LogP contribution in [0.1, 0.15) is 29.5 Å². The van der Waals surface area contributed by atoms with E-state index in [-0.39, 0.29) is 12.5 Å². The first-order chi connectivity index (χ1) is 15.6. The Morgan fingerprint density at radius 1 is 1.16 bits per heavy atom. The van der Waals surface area contributed by atoms with Gasteiger partial charge < -0.3 is 25.0 Å². The molecule has 0 saturated carbocycles. The molecule has 0 spiro atoms. The summed E-state index contributed by atoms with van der Waals surface area (Å²) in [5, 5.41) is 6.44. The quantitative estimate of drug-likeness (QED) is 0.358. The molecule has 0 bridgehead atoms. The standard InChI is InChI=1S/C25H34N4O3/c1-19-11-12-21(23(16-19)32-15-7-14-31-3)17-27-25(26-2)28-18-24(30)29-13-6-9-20-8-4-5-10-22(20)29/h4-5,8,10-12,16H,6-7,9,13-15,17-18H2,1-3H3,(H2,26,27,28). The zero-order chi connectivity index (χ0) is 22.8. The number of carbonyl (C=O) groups is 1. The van der Waals surface area contributed by atoms with Gasteiger partial charge in [0, 0.05) is 51.5 Å². The van der Waals surface area contributed by atoms with Crippen molar-refractivity contribution in [2.24, 2.45) is 4.99 Å². The Kier molecular flexibility index (Phi) is 8.92. The number of methoxy groups -OCH3 is 1. The van der Waals surface area contributed by atoms with Gasteiger partial charge >= 0.3 is 0 Å². The molecule has 3 rings (SSSR count). The first kappa shape index (κ1) is 23.6. The van der Waals surface area contributed by atoms with Crippen LogP contribution >= 0.6 is 0 Å². The molecule has 2 aromatic rings. The zero-order valence-corrected chi connectivity index (χ0v) is 19.3. The van der Waals surface area contributed by atoms with Crippen LogP contribution in [0.4, 0.5) is 5.69 Å². The highest BCUT2D eigenvalue weighted by Gasteiger charge is 2.22. The van der Waals surface area contributed by atoms with Gasteiger partial charge in [0.15, 0.2) is 5.96 Å². The van der Waals surface area contributed by atoms with Crippen molar-refractivity contribution in [3.63, 3.8) is 0 Å². The lowest BCUT2D eigenvalue weighted by Gasteiger charge is -2.29. The number of aryl methyl sites for hydroxylation is 2. The molecule has 2 aromatic carbocycles. The van der Waals surface area contributed by atoms with E-state index >= 15 is 0 Å². The topological polar surface area (TPSA) is 75.2 Å². The third kappa shape index (κ3) is 6.47. The number of aliphatic imine (C=N–C) groups is 1. The third-order valence-corrected chi connectivity index (χ3v) is 5.46. The summed E-state index contributed by atoms with van der Waals surface area (Å²) in [7, 11) is 3.39. The Morgan fingerprint density at radius 2 is 2.00 bits per heavy atom. The number of amides is 1. The molecule has 1 heterocycles. The molecule has 0 aliphatic carbocycles. The number of guanidine groups is 1. The van der Waals surface area contributed by atoms with E-state index in [9.17, 15) is 4.79 Å². The van der Waals surface area contributed by atoms with E-state index in [4.69, 9.17) is 9.47 Å². The predicted molar refractivity (Wildman–Crippen MR) is 128 cm³/mol. The Hall–Kier alpha value is -3.06. The van der Waals surface area contributed by atoms with Gasteiger partial charge in [-0.2, -0.15) is 0 Å². The van der Waals surface area contributed by atoms with E-state index in [1.165, 1.54) is 5.56 Å². The fourth-order valence-electron chi connectivity index (χ4n) is 3.77. The Balaban J connectivity index is 1.54. The van der Waals surface area contributed by atoms with Gasteiger partial charge in [0.2, 0.25) is 5.91 Å². The molecule has 32 heavy (non-hydrogen) atoms. The molecule has 7 nitrogen and oxygen atoms in total. The van der Waals surface area contributed by atoms with Crippen LogP contribution in [0.5, 0.6) is 5.75 Å². The van der Waals surface area contributed by atoms with Crippen LogP contribution in [-0.4, -0.2) is 52.3 Å². The molecule has 172 valence electrons. The molecule has 0 unspecified atom stereocenters. The fraction of sp³-hybridized carbons (Fsp3) is 0.440. The van der Waals surface area contributed by atoms with Crippen LogP contribution in [0.15, 0.2) is 47.5 Å². The minimum Gasteiger partial charge on any atom is -0.493 e. The molecule has 1 amide bonds. The number of hydrogen-bond donors (Lipinski definition) is 2. The van der Waals surface area contributed by atoms with E-state index in [0.717, 1.165) is 48.4 Å². The maximum atomic E-state index is 12.9. The summed E-state index contributed by atoms with van der Waals surface area (Å²) in [4.78, 5) is 19.0. The lowest BCUT2D eigenvalue weighted by atomic mass is 10.0. The van der Waals surface area contributed by atoms with Crippen molar-refractivity contribution in [2.45, 2.75) is 32.7 Å². The summed E-state index contributed by atoms with van der Waals surface area (Å²) < 4.78 is 11.0. The number of rotatable bonds is 9. The second-order valence-corrected chi connectivity index (χ2v) is 7.86. The molecular formula is C25H34N4O3. The molecule has 0 aromatic heterocycles. The summed E-state index contributed by atoms with van der Waals surface area (Å²) >= 11 is 0. The Bertz CT molecular complexity index is 929. The number of anilines is 1. The van der Waals surface area contributed by atoms with Crippen molar-refractivity contribution in [1.29, 1.82) is 0 Å². The van der Waals surface area contributed by atoms with E-state index in [2.05, 4.69) is 33.8 Å². The molecule has 1 aliphatic heterocycles. The Morgan fingerprint density at radius 3 is 2.81 bits per heavy atom. The van der Waals surface area contributed by atoms with Crippen LogP contribution in [0.3, 0.4) is 0 Å². The summed E-state index contributed by atoms with van der Waals surface area (Å²) in [6.07, 6.45) is 2.83. The summed E-state index contributed by atoms with van der Waals surface area (Å²) in [5.74, 6) is 1.47. The van der Waals surface area contributed by atoms with Gasteiger partial charge in [-0.1, -0.05) is 30.3 Å². The minimum atomic E-state index is 0.0394. The number of para-hydroxylation sites is 1. The van der Waals surface area contributed by atoms with Crippen molar-refractivity contribution >= 4 is 17.6 Å². The zero-order valence-electron chi connectivity index (χ0n) is 19.3. The summed E-state index contributed by atoms with van der Waals surface area (Å²) in [6, 6.07) is 14.3. The average molecular weight is 439 g/mol. The van der Waals surface area contributed by atoms with Gasteiger partial charge in [0.25, 0.3) is 0 Å². The molecule has 0 atom stereocenters. The largest absolute Gasteiger partial charge is 0.493 e. The van der Waals surface area contributed by atoms with Gasteiger partial charge in [-0.05, 0) is 43.0 Å². The lowest BCUT2D eigenvalue weighted by Crippen LogP contribution is -2.45. The van der Waals surface area contributed by atoms with Gasteiger partial charge in [0.05, 0.1) is 13.2 Å². The Labute approximate surface area is 190 Å². The first-order valence-electron chi connectivity index (χ1n) is 11.2. The van der Waals surface area contributed by atoms with Gasteiger partial charge in [0.1, 0.15) is 5.75 Å². The maximum Gasteiger partial charge on any atom is 0.246 e. The van der Waals surface area contributed by atoms with Crippen molar-refractivity contribution in [1.82, 2.24) is 10.6 Å². The van der Waals surface area contributed by atoms with Crippen LogP contribution in [0, 0.1) is 6.92 Å². The summed E-state index contributed by atoms with van der Waals surface area (Å²) in [5.41, 5.74) is 4.42. The molecule has 7 heteroatoms. The van der Waals surface area contributed by atoms with E-state index in [1.807, 2.05) is 36.1 Å². The first-order valence-corrected chi connectivity index (χ1v) is 11.2. The minimum absolute atomic E-state index is 0.0394. The van der Waals surface area contributed by atoms with Crippen molar-refractivity contribution in [2.75, 3.05) is 45.4 Å². The van der Waals surface area contributed by atoms with Crippen molar-refractivity contribution < 1.29 is 14.3 Å². The van der Waals surface area contributed by atoms with Gasteiger partial charge in [-0.25, -0.2) is 0 Å². The molecule has 0 saturated heterocycles. The van der Waals surface area contributed by atoms with Gasteiger partial charge in [-0.15, -0.1) is 0 Å². The van der Waals surface area contributed by atoms with Crippen molar-refractivity contribution in [3.05, 3.63) is 59.2 Å².